The van der Waals surface area contributed by atoms with Crippen molar-refractivity contribution >= 4 is 22.6 Å². The molecule has 0 aliphatic heterocycles. The fraction of sp³-hybridized carbons (Fsp3) is 0.667. The van der Waals surface area contributed by atoms with Gasteiger partial charge in [0.05, 0.1) is 5.92 Å². The van der Waals surface area contributed by atoms with Crippen molar-refractivity contribution in [1.82, 2.24) is 9.36 Å². The van der Waals surface area contributed by atoms with Crippen LogP contribution < -0.4 is 5.32 Å². The maximum Gasteiger partial charge on any atom is 0.452 e. The van der Waals surface area contributed by atoms with Crippen LogP contribution in [0.3, 0.4) is 0 Å². The first-order chi connectivity index (χ1) is 8.36. The van der Waals surface area contributed by atoms with E-state index >= 15 is 0 Å². The van der Waals surface area contributed by atoms with Crippen molar-refractivity contribution in [3.8, 4) is 0 Å². The van der Waals surface area contributed by atoms with Crippen LogP contribution in [0.1, 0.15) is 25.1 Å². The third-order valence-electron chi connectivity index (χ3n) is 2.79. The van der Waals surface area contributed by atoms with Gasteiger partial charge >= 0.3 is 12.1 Å². The number of aromatic nitrogens is 2. The van der Waals surface area contributed by atoms with Crippen LogP contribution in [-0.2, 0) is 11.0 Å². The molecule has 100 valence electrons. The molecule has 2 atom stereocenters. The monoisotopic (exact) mass is 281 g/mol. The number of nitrogens with zero attached hydrogens (tertiary/aromatic N) is 2. The first-order valence-electron chi connectivity index (χ1n) is 5.26. The Balaban J connectivity index is 1.95. The molecule has 1 aliphatic rings. The molecule has 1 fully saturated rings. The zero-order chi connectivity index (χ0) is 13.3. The molecule has 18 heavy (non-hydrogen) atoms. The standard InChI is InChI=1S/C9H10F3N3O2S/c10-9(11,12)7-14-8(18-15-7)13-5-2-1-4(3-5)6(16)17/h4-5H,1-3H2,(H,16,17)(H,13,14,15)/t4-,5+/m1/s1. The number of aliphatic carboxylic acids is 1. The molecule has 1 heterocycles. The number of carbonyl (C=O) groups is 1. The van der Waals surface area contributed by atoms with Crippen LogP contribution in [0.5, 0.6) is 0 Å². The van der Waals surface area contributed by atoms with Crippen LogP contribution in [0.25, 0.3) is 0 Å². The highest BCUT2D eigenvalue weighted by Gasteiger charge is 2.36. The van der Waals surface area contributed by atoms with E-state index in [4.69, 9.17) is 5.11 Å². The first-order valence-corrected chi connectivity index (χ1v) is 6.04. The number of hydrogen-bond donors (Lipinski definition) is 2. The van der Waals surface area contributed by atoms with E-state index < -0.39 is 23.9 Å². The summed E-state index contributed by atoms with van der Waals surface area (Å²) in [5.41, 5.74) is 0. The van der Waals surface area contributed by atoms with Gasteiger partial charge in [-0.25, -0.2) is 0 Å². The Morgan fingerprint density at radius 3 is 2.67 bits per heavy atom. The number of carboxylic acids is 1. The Morgan fingerprint density at radius 2 is 2.17 bits per heavy atom. The summed E-state index contributed by atoms with van der Waals surface area (Å²) in [5.74, 6) is -2.46. The second-order valence-corrected chi connectivity index (χ2v) is 4.86. The van der Waals surface area contributed by atoms with Crippen LogP contribution >= 0.6 is 11.5 Å². The zero-order valence-electron chi connectivity index (χ0n) is 9.07. The van der Waals surface area contributed by atoms with E-state index in [0.29, 0.717) is 30.8 Å². The summed E-state index contributed by atoms with van der Waals surface area (Å²) in [5, 5.41) is 11.7. The van der Waals surface area contributed by atoms with Crippen molar-refractivity contribution in [2.24, 2.45) is 5.92 Å². The molecule has 2 rings (SSSR count). The first kappa shape index (κ1) is 13.1. The van der Waals surface area contributed by atoms with Crippen molar-refractivity contribution in [3.63, 3.8) is 0 Å². The lowest BCUT2D eigenvalue weighted by Gasteiger charge is -2.10. The summed E-state index contributed by atoms with van der Waals surface area (Å²) in [6.45, 7) is 0. The normalized spacial score (nSPS) is 24.2. The smallest absolute Gasteiger partial charge is 0.452 e. The Morgan fingerprint density at radius 1 is 1.44 bits per heavy atom. The predicted octanol–water partition coefficient (Wildman–Crippen LogP) is 2.22. The molecule has 0 unspecified atom stereocenters. The number of carboxylic acid groups (broad SMARTS) is 1. The fourth-order valence-electron chi connectivity index (χ4n) is 1.91. The van der Waals surface area contributed by atoms with Gasteiger partial charge in [0.15, 0.2) is 0 Å². The number of halogens is 3. The number of rotatable bonds is 3. The lowest BCUT2D eigenvalue weighted by molar-refractivity contribution is -0.144. The largest absolute Gasteiger partial charge is 0.481 e. The van der Waals surface area contributed by atoms with Gasteiger partial charge in [-0.1, -0.05) is 0 Å². The van der Waals surface area contributed by atoms with Gasteiger partial charge in [0.2, 0.25) is 11.0 Å². The Hall–Kier alpha value is -1.38. The lowest BCUT2D eigenvalue weighted by atomic mass is 10.1. The molecule has 1 saturated carbocycles. The van der Waals surface area contributed by atoms with Gasteiger partial charge in [-0.15, -0.1) is 0 Å². The molecule has 1 aromatic heterocycles. The predicted molar refractivity (Wildman–Crippen MR) is 57.3 cm³/mol. The minimum absolute atomic E-state index is 0.0818. The van der Waals surface area contributed by atoms with Gasteiger partial charge in [-0.3, -0.25) is 4.79 Å². The van der Waals surface area contributed by atoms with E-state index in [1.165, 1.54) is 0 Å². The Bertz CT molecular complexity index is 449. The van der Waals surface area contributed by atoms with Crippen molar-refractivity contribution < 1.29 is 23.1 Å². The van der Waals surface area contributed by atoms with E-state index in [0.717, 1.165) is 0 Å². The van der Waals surface area contributed by atoms with Gasteiger partial charge in [-0.2, -0.15) is 22.5 Å². The summed E-state index contributed by atoms with van der Waals surface area (Å²) in [7, 11) is 0. The molecule has 0 bridgehead atoms. The van der Waals surface area contributed by atoms with Gasteiger partial charge in [0.1, 0.15) is 0 Å². The molecule has 0 saturated heterocycles. The molecule has 5 nitrogen and oxygen atoms in total. The third kappa shape index (κ3) is 2.89. The van der Waals surface area contributed by atoms with E-state index in [-0.39, 0.29) is 11.2 Å². The molecule has 1 aromatic rings. The number of hydrogen-bond acceptors (Lipinski definition) is 5. The van der Waals surface area contributed by atoms with E-state index in [9.17, 15) is 18.0 Å². The highest BCUT2D eigenvalue weighted by molar-refractivity contribution is 7.09. The van der Waals surface area contributed by atoms with Gasteiger partial charge in [0.25, 0.3) is 0 Å². The number of alkyl halides is 3. The van der Waals surface area contributed by atoms with Crippen molar-refractivity contribution in [1.29, 1.82) is 0 Å². The third-order valence-corrected chi connectivity index (χ3v) is 3.44. The van der Waals surface area contributed by atoms with Gasteiger partial charge in [-0.05, 0) is 19.3 Å². The Labute approximate surface area is 104 Å². The van der Waals surface area contributed by atoms with Crippen molar-refractivity contribution in [2.75, 3.05) is 5.32 Å². The molecule has 0 spiro atoms. The van der Waals surface area contributed by atoms with Gasteiger partial charge < -0.3 is 10.4 Å². The topological polar surface area (TPSA) is 75.1 Å². The highest BCUT2D eigenvalue weighted by Crippen LogP contribution is 2.31. The second kappa shape index (κ2) is 4.71. The summed E-state index contributed by atoms with van der Waals surface area (Å²) >= 11 is 0.633. The summed E-state index contributed by atoms with van der Waals surface area (Å²) in [6.07, 6.45) is -3.01. The van der Waals surface area contributed by atoms with Crippen LogP contribution in [0.4, 0.5) is 18.3 Å². The van der Waals surface area contributed by atoms with E-state index in [1.54, 1.807) is 0 Å². The molecular weight excluding hydrogens is 271 g/mol. The van der Waals surface area contributed by atoms with Crippen LogP contribution in [0.2, 0.25) is 0 Å². The molecule has 0 amide bonds. The quantitative estimate of drug-likeness (QED) is 0.888. The minimum atomic E-state index is -4.55. The summed E-state index contributed by atoms with van der Waals surface area (Å²) in [6, 6.07) is -0.153. The molecule has 2 N–H and O–H groups in total. The zero-order valence-corrected chi connectivity index (χ0v) is 9.88. The lowest BCUT2D eigenvalue weighted by Crippen LogP contribution is -2.18. The number of nitrogens with one attached hydrogen (secondary N) is 1. The maximum absolute atomic E-state index is 12.3. The molecular formula is C9H10F3N3O2S. The van der Waals surface area contributed by atoms with E-state index in [2.05, 4.69) is 14.7 Å². The summed E-state index contributed by atoms with van der Waals surface area (Å²) < 4.78 is 40.0. The highest BCUT2D eigenvalue weighted by atomic mass is 32.1. The van der Waals surface area contributed by atoms with E-state index in [1.807, 2.05) is 0 Å². The van der Waals surface area contributed by atoms with Gasteiger partial charge in [0, 0.05) is 17.6 Å². The van der Waals surface area contributed by atoms with Crippen molar-refractivity contribution in [2.45, 2.75) is 31.5 Å². The van der Waals surface area contributed by atoms with Crippen molar-refractivity contribution in [3.05, 3.63) is 5.82 Å². The Kier molecular flexibility index (Phi) is 3.42. The van der Waals surface area contributed by atoms with Crippen LogP contribution in [-0.4, -0.2) is 26.5 Å². The van der Waals surface area contributed by atoms with Crippen LogP contribution in [0.15, 0.2) is 0 Å². The minimum Gasteiger partial charge on any atom is -0.481 e. The second-order valence-electron chi connectivity index (χ2n) is 4.11. The fourth-order valence-corrected chi connectivity index (χ4v) is 2.57. The molecule has 0 radical (unpaired) electrons. The molecule has 1 aliphatic carbocycles. The average Bonchev–Trinajstić information content (AvgIpc) is 2.85. The SMILES string of the molecule is O=C(O)[C@@H]1CC[C@H](Nc2nc(C(F)(F)F)ns2)C1. The average molecular weight is 281 g/mol. The summed E-state index contributed by atoms with van der Waals surface area (Å²) in [4.78, 5) is 14.1. The van der Waals surface area contributed by atoms with Crippen LogP contribution in [0, 0.1) is 5.92 Å². The maximum atomic E-state index is 12.3. The molecule has 0 aromatic carbocycles. The molecule has 9 heteroatoms. The number of anilines is 1.